The molecule has 1 aliphatic rings. The average Bonchev–Trinajstić information content (AvgIpc) is 3.29. The van der Waals surface area contributed by atoms with Crippen molar-refractivity contribution in [3.63, 3.8) is 0 Å². The molecule has 1 atom stereocenters. The molecule has 1 aromatic heterocycles. The van der Waals surface area contributed by atoms with Crippen molar-refractivity contribution in [1.82, 2.24) is 9.69 Å². The molecule has 206 valence electrons. The van der Waals surface area contributed by atoms with Crippen LogP contribution in [0.3, 0.4) is 0 Å². The molecule has 0 aliphatic heterocycles. The van der Waals surface area contributed by atoms with Crippen LogP contribution in [-0.4, -0.2) is 28.1 Å². The number of rotatable bonds is 7. The van der Waals surface area contributed by atoms with Crippen molar-refractivity contribution in [3.8, 4) is 0 Å². The highest BCUT2D eigenvalue weighted by Gasteiger charge is 2.38. The Hall–Kier alpha value is -4.00. The van der Waals surface area contributed by atoms with Gasteiger partial charge in [-0.2, -0.15) is 17.5 Å². The number of hydrogen-bond donors (Lipinski definition) is 3. The molecule has 1 heterocycles. The monoisotopic (exact) mass is 563 g/mol. The summed E-state index contributed by atoms with van der Waals surface area (Å²) in [5, 5.41) is 2.91. The summed E-state index contributed by atoms with van der Waals surface area (Å²) in [4.78, 5) is 40.0. The van der Waals surface area contributed by atoms with Crippen LogP contribution in [0.4, 0.5) is 28.9 Å². The van der Waals surface area contributed by atoms with E-state index in [1.807, 2.05) is 0 Å². The molecule has 0 spiro atoms. The van der Waals surface area contributed by atoms with Crippen molar-refractivity contribution in [1.29, 1.82) is 0 Å². The van der Waals surface area contributed by atoms with Gasteiger partial charge < -0.3 is 16.8 Å². The molecule has 1 fully saturated rings. The van der Waals surface area contributed by atoms with Gasteiger partial charge in [-0.25, -0.2) is 4.39 Å². The van der Waals surface area contributed by atoms with E-state index in [1.165, 1.54) is 18.2 Å². The molecule has 13 heteroatoms. The second kappa shape index (κ2) is 11.4. The predicted octanol–water partition coefficient (Wildman–Crippen LogP) is 4.82. The van der Waals surface area contributed by atoms with Crippen molar-refractivity contribution >= 4 is 40.6 Å². The maximum absolute atomic E-state index is 14.0. The summed E-state index contributed by atoms with van der Waals surface area (Å²) in [5.74, 6) is -3.26. The Kier molecular flexibility index (Phi) is 8.19. The van der Waals surface area contributed by atoms with E-state index in [0.29, 0.717) is 24.4 Å². The number of amides is 3. The summed E-state index contributed by atoms with van der Waals surface area (Å²) in [6.45, 7) is 0. The molecule has 1 saturated carbocycles. The van der Waals surface area contributed by atoms with E-state index in [2.05, 4.69) is 9.69 Å². The van der Waals surface area contributed by atoms with Crippen molar-refractivity contribution in [2.24, 2.45) is 5.73 Å². The number of carbonyl (C=O) groups excluding carboxylic acids is 3. The van der Waals surface area contributed by atoms with Gasteiger partial charge in [0.2, 0.25) is 5.91 Å². The number of carbonyl (C=O) groups is 3. The number of primary amides is 1. The highest BCUT2D eigenvalue weighted by atomic mass is 32.1. The zero-order valence-corrected chi connectivity index (χ0v) is 21.3. The first kappa shape index (κ1) is 28.0. The van der Waals surface area contributed by atoms with E-state index in [1.54, 1.807) is 0 Å². The fraction of sp³-hybridized carbons (Fsp3) is 0.308. The number of alkyl halides is 3. The Labute approximate surface area is 225 Å². The number of nitrogens with zero attached hydrogens (tertiary/aromatic N) is 2. The van der Waals surface area contributed by atoms with Crippen molar-refractivity contribution in [3.05, 3.63) is 76.0 Å². The molecule has 8 nitrogen and oxygen atoms in total. The lowest BCUT2D eigenvalue weighted by Gasteiger charge is -2.33. The lowest BCUT2D eigenvalue weighted by atomic mass is 9.94. The maximum atomic E-state index is 14.0. The van der Waals surface area contributed by atoms with Crippen molar-refractivity contribution < 1.29 is 31.9 Å². The second-order valence-corrected chi connectivity index (χ2v) is 9.93. The number of benzene rings is 2. The van der Waals surface area contributed by atoms with Gasteiger partial charge in [-0.05, 0) is 60.3 Å². The van der Waals surface area contributed by atoms with Gasteiger partial charge in [0.25, 0.3) is 11.8 Å². The topological polar surface area (TPSA) is 131 Å². The lowest BCUT2D eigenvalue weighted by Crippen LogP contribution is -2.47. The third-order valence-electron chi connectivity index (χ3n) is 6.47. The van der Waals surface area contributed by atoms with Crippen LogP contribution < -0.4 is 21.7 Å². The normalized spacial score (nSPS) is 15.0. The maximum Gasteiger partial charge on any atom is 0.416 e. The summed E-state index contributed by atoms with van der Waals surface area (Å²) < 4.78 is 58.6. The largest absolute Gasteiger partial charge is 0.416 e. The van der Waals surface area contributed by atoms with Gasteiger partial charge in [0.1, 0.15) is 16.7 Å². The molecular weight excluding hydrogens is 538 g/mol. The summed E-state index contributed by atoms with van der Waals surface area (Å²) >= 11 is 0.527. The van der Waals surface area contributed by atoms with Gasteiger partial charge in [0.05, 0.1) is 11.3 Å². The van der Waals surface area contributed by atoms with Crippen molar-refractivity contribution in [2.75, 3.05) is 10.6 Å². The van der Waals surface area contributed by atoms with E-state index in [9.17, 15) is 31.9 Å². The van der Waals surface area contributed by atoms with E-state index in [0.717, 1.165) is 54.5 Å². The van der Waals surface area contributed by atoms with Gasteiger partial charge in [-0.1, -0.05) is 37.5 Å². The number of nitrogens with one attached hydrogen (secondary N) is 1. The Morgan fingerprint density at radius 1 is 1.05 bits per heavy atom. The standard InChI is InChI=1S/C26H25F4N5O3S/c27-16-11-9-14(10-12-16)21(24(37)33-17-6-2-1-3-7-17)35(18-8-4-5-15(13-18)26(28,29)30)25(38)22-19(31)20(23(32)36)34-39-22/h4-5,8-13,17,21H,1-3,6-7,31H2,(H2,32,36)(H,33,37)/t21-/m0/s1. The number of nitrogen functional groups attached to an aromatic ring is 1. The minimum Gasteiger partial charge on any atom is -0.395 e. The minimum absolute atomic E-state index is 0.147. The van der Waals surface area contributed by atoms with Gasteiger partial charge in [-0.3, -0.25) is 19.3 Å². The van der Waals surface area contributed by atoms with Gasteiger partial charge in [-0.15, -0.1) is 0 Å². The average molecular weight is 564 g/mol. The Bertz CT molecular complexity index is 1370. The first-order valence-corrected chi connectivity index (χ1v) is 12.9. The van der Waals surface area contributed by atoms with E-state index < -0.39 is 41.3 Å². The zero-order chi connectivity index (χ0) is 28.3. The molecule has 2 aromatic carbocycles. The van der Waals surface area contributed by atoms with Crippen LogP contribution in [0, 0.1) is 5.82 Å². The molecule has 5 N–H and O–H groups in total. The van der Waals surface area contributed by atoms with Crippen LogP contribution in [0.1, 0.15) is 69.4 Å². The van der Waals surface area contributed by atoms with Gasteiger partial charge in [0, 0.05) is 11.7 Å². The number of halogens is 4. The van der Waals surface area contributed by atoms with E-state index >= 15 is 0 Å². The molecule has 39 heavy (non-hydrogen) atoms. The Morgan fingerprint density at radius 3 is 2.31 bits per heavy atom. The smallest absolute Gasteiger partial charge is 0.395 e. The van der Waals surface area contributed by atoms with Gasteiger partial charge in [0.15, 0.2) is 5.69 Å². The Morgan fingerprint density at radius 2 is 1.72 bits per heavy atom. The first-order chi connectivity index (χ1) is 18.5. The molecule has 3 amide bonds. The molecule has 1 aliphatic carbocycles. The fourth-order valence-corrected chi connectivity index (χ4v) is 5.29. The molecule has 0 radical (unpaired) electrons. The minimum atomic E-state index is -4.75. The van der Waals surface area contributed by atoms with E-state index in [-0.39, 0.29) is 33.6 Å². The van der Waals surface area contributed by atoms with E-state index in [4.69, 9.17) is 11.5 Å². The molecule has 4 rings (SSSR count). The van der Waals surface area contributed by atoms with Crippen molar-refractivity contribution in [2.45, 2.75) is 50.4 Å². The number of hydrogen-bond acceptors (Lipinski definition) is 6. The summed E-state index contributed by atoms with van der Waals surface area (Å²) in [6, 6.07) is 6.90. The van der Waals surface area contributed by atoms with Crippen LogP contribution in [-0.2, 0) is 11.0 Å². The highest BCUT2D eigenvalue weighted by Crippen LogP contribution is 2.37. The van der Waals surface area contributed by atoms with Crippen LogP contribution in [0.15, 0.2) is 48.5 Å². The predicted molar refractivity (Wildman–Crippen MR) is 137 cm³/mol. The molecule has 0 unspecified atom stereocenters. The van der Waals surface area contributed by atoms with Crippen LogP contribution in [0.5, 0.6) is 0 Å². The van der Waals surface area contributed by atoms with Crippen LogP contribution >= 0.6 is 11.5 Å². The Balaban J connectivity index is 1.88. The van der Waals surface area contributed by atoms with Crippen LogP contribution in [0.2, 0.25) is 0 Å². The SMILES string of the molecule is NC(=O)c1nsc(C(=O)N(c2cccc(C(F)(F)F)c2)[C@H](C(=O)NC2CCCCC2)c2ccc(F)cc2)c1N. The lowest BCUT2D eigenvalue weighted by molar-refractivity contribution is -0.137. The second-order valence-electron chi connectivity index (χ2n) is 9.16. The van der Waals surface area contributed by atoms with Crippen LogP contribution in [0.25, 0.3) is 0 Å². The zero-order valence-electron chi connectivity index (χ0n) is 20.5. The summed E-state index contributed by atoms with van der Waals surface area (Å²) in [6.07, 6.45) is -0.573. The fourth-order valence-electron chi connectivity index (χ4n) is 4.54. The molecule has 0 saturated heterocycles. The number of nitrogens with two attached hydrogens (primary N) is 2. The summed E-state index contributed by atoms with van der Waals surface area (Å²) in [7, 11) is 0. The van der Waals surface area contributed by atoms with Gasteiger partial charge >= 0.3 is 6.18 Å². The third kappa shape index (κ3) is 6.19. The highest BCUT2D eigenvalue weighted by molar-refractivity contribution is 7.09. The summed E-state index contributed by atoms with van der Waals surface area (Å²) in [5.41, 5.74) is 9.33. The number of anilines is 2. The quantitative estimate of drug-likeness (QED) is 0.355. The number of aromatic nitrogens is 1. The molecular formula is C26H25F4N5O3S. The molecule has 0 bridgehead atoms. The first-order valence-electron chi connectivity index (χ1n) is 12.1. The molecule has 3 aromatic rings. The third-order valence-corrected chi connectivity index (χ3v) is 7.32.